The Morgan fingerprint density at radius 1 is 1.10 bits per heavy atom. The Labute approximate surface area is 117 Å². The van der Waals surface area contributed by atoms with Gasteiger partial charge >= 0.3 is 12.0 Å². The molecule has 1 fully saturated rings. The van der Waals surface area contributed by atoms with Crippen LogP contribution in [0.1, 0.15) is 30.4 Å². The number of urea groups is 1. The number of rotatable bonds is 1. The standard InChI is InChI=1S/C15H18N2O3/c18-14(19)13-7-3-4-8-17(13)15(20)16-9-11-5-1-2-6-12(11)10-16/h1-2,5-6,13H,3-4,7-10H2,(H,18,19). The summed E-state index contributed by atoms with van der Waals surface area (Å²) in [6.07, 6.45) is 2.32. The van der Waals surface area contributed by atoms with Crippen molar-refractivity contribution >= 4 is 12.0 Å². The number of hydrogen-bond acceptors (Lipinski definition) is 2. The molecular weight excluding hydrogens is 256 g/mol. The summed E-state index contributed by atoms with van der Waals surface area (Å²) < 4.78 is 0. The second kappa shape index (κ2) is 5.15. The molecular formula is C15H18N2O3. The fourth-order valence-corrected chi connectivity index (χ4v) is 3.07. The monoisotopic (exact) mass is 274 g/mol. The van der Waals surface area contributed by atoms with Gasteiger partial charge in [-0.2, -0.15) is 0 Å². The number of aliphatic carboxylic acids is 1. The first-order valence-electron chi connectivity index (χ1n) is 7.02. The van der Waals surface area contributed by atoms with E-state index in [2.05, 4.69) is 0 Å². The predicted molar refractivity (Wildman–Crippen MR) is 73.1 cm³/mol. The molecule has 1 aromatic rings. The maximum Gasteiger partial charge on any atom is 0.326 e. The van der Waals surface area contributed by atoms with E-state index in [0.29, 0.717) is 26.1 Å². The number of likely N-dealkylation sites (tertiary alicyclic amines) is 1. The highest BCUT2D eigenvalue weighted by Crippen LogP contribution is 2.26. The minimum absolute atomic E-state index is 0.145. The molecule has 0 aromatic heterocycles. The summed E-state index contributed by atoms with van der Waals surface area (Å²) in [5, 5.41) is 9.26. The minimum Gasteiger partial charge on any atom is -0.480 e. The van der Waals surface area contributed by atoms with E-state index in [9.17, 15) is 14.7 Å². The van der Waals surface area contributed by atoms with Gasteiger partial charge in [-0.1, -0.05) is 24.3 Å². The first kappa shape index (κ1) is 13.0. The van der Waals surface area contributed by atoms with Crippen LogP contribution in [0.2, 0.25) is 0 Å². The lowest BCUT2D eigenvalue weighted by Gasteiger charge is -2.35. The Hall–Kier alpha value is -2.04. The molecule has 2 aliphatic heterocycles. The number of benzene rings is 1. The number of carbonyl (C=O) groups is 2. The van der Waals surface area contributed by atoms with Crippen LogP contribution in [0.3, 0.4) is 0 Å². The summed E-state index contributed by atoms with van der Waals surface area (Å²) in [6.45, 7) is 1.71. The molecule has 20 heavy (non-hydrogen) atoms. The first-order valence-corrected chi connectivity index (χ1v) is 7.02. The Morgan fingerprint density at radius 3 is 2.35 bits per heavy atom. The van der Waals surface area contributed by atoms with Crippen LogP contribution in [-0.4, -0.2) is 39.5 Å². The summed E-state index contributed by atoms with van der Waals surface area (Å²) in [6, 6.07) is 7.16. The molecule has 1 unspecified atom stereocenters. The van der Waals surface area contributed by atoms with Crippen molar-refractivity contribution in [1.29, 1.82) is 0 Å². The van der Waals surface area contributed by atoms with Gasteiger partial charge in [0.1, 0.15) is 6.04 Å². The minimum atomic E-state index is -0.894. The zero-order chi connectivity index (χ0) is 14.1. The van der Waals surface area contributed by atoms with Crippen LogP contribution in [0, 0.1) is 0 Å². The summed E-state index contributed by atoms with van der Waals surface area (Å²) >= 11 is 0. The van der Waals surface area contributed by atoms with Crippen molar-refractivity contribution in [2.24, 2.45) is 0 Å². The van der Waals surface area contributed by atoms with Gasteiger partial charge in [0, 0.05) is 19.6 Å². The highest BCUT2D eigenvalue weighted by Gasteiger charge is 2.35. The van der Waals surface area contributed by atoms with Crippen LogP contribution in [0.25, 0.3) is 0 Å². The number of hydrogen-bond donors (Lipinski definition) is 1. The number of carboxylic acids is 1. The van der Waals surface area contributed by atoms with Gasteiger partial charge in [-0.05, 0) is 30.4 Å². The van der Waals surface area contributed by atoms with Gasteiger partial charge in [0.15, 0.2) is 0 Å². The van der Waals surface area contributed by atoms with Crippen molar-refractivity contribution < 1.29 is 14.7 Å². The summed E-state index contributed by atoms with van der Waals surface area (Å²) in [4.78, 5) is 27.1. The maximum absolute atomic E-state index is 12.6. The third-order valence-corrected chi connectivity index (χ3v) is 4.14. The third-order valence-electron chi connectivity index (χ3n) is 4.14. The van der Waals surface area contributed by atoms with Gasteiger partial charge in [-0.15, -0.1) is 0 Å². The lowest BCUT2D eigenvalue weighted by molar-refractivity contribution is -0.143. The summed E-state index contributed by atoms with van der Waals surface area (Å²) in [5.41, 5.74) is 2.31. The average molecular weight is 274 g/mol. The van der Waals surface area contributed by atoms with E-state index >= 15 is 0 Å². The molecule has 0 bridgehead atoms. The highest BCUT2D eigenvalue weighted by molar-refractivity contribution is 5.83. The zero-order valence-electron chi connectivity index (χ0n) is 11.3. The molecule has 2 amide bonds. The molecule has 106 valence electrons. The molecule has 2 aliphatic rings. The smallest absolute Gasteiger partial charge is 0.326 e. The topological polar surface area (TPSA) is 60.9 Å². The Bertz CT molecular complexity index is 519. The van der Waals surface area contributed by atoms with Gasteiger partial charge in [0.05, 0.1) is 0 Å². The van der Waals surface area contributed by atoms with Gasteiger partial charge in [-0.25, -0.2) is 9.59 Å². The SMILES string of the molecule is O=C(O)C1CCCCN1C(=O)N1Cc2ccccc2C1. The van der Waals surface area contributed by atoms with Crippen LogP contribution < -0.4 is 0 Å². The third kappa shape index (κ3) is 2.24. The first-order chi connectivity index (χ1) is 9.66. The number of piperidine rings is 1. The van der Waals surface area contributed by atoms with E-state index in [4.69, 9.17) is 0 Å². The van der Waals surface area contributed by atoms with Crippen molar-refractivity contribution in [3.8, 4) is 0 Å². The predicted octanol–water partition coefficient (Wildman–Crippen LogP) is 2.06. The number of amides is 2. The van der Waals surface area contributed by atoms with Gasteiger partial charge < -0.3 is 14.9 Å². The van der Waals surface area contributed by atoms with E-state index in [1.165, 1.54) is 4.90 Å². The molecule has 1 atom stereocenters. The van der Waals surface area contributed by atoms with Crippen molar-refractivity contribution in [3.63, 3.8) is 0 Å². The van der Waals surface area contributed by atoms with Crippen LogP contribution in [0.15, 0.2) is 24.3 Å². The van der Waals surface area contributed by atoms with Crippen LogP contribution in [-0.2, 0) is 17.9 Å². The molecule has 0 spiro atoms. The molecule has 0 saturated carbocycles. The molecule has 1 N–H and O–H groups in total. The van der Waals surface area contributed by atoms with Crippen molar-refractivity contribution in [2.75, 3.05) is 6.54 Å². The van der Waals surface area contributed by atoms with Crippen molar-refractivity contribution in [3.05, 3.63) is 35.4 Å². The van der Waals surface area contributed by atoms with E-state index in [-0.39, 0.29) is 6.03 Å². The number of fused-ring (bicyclic) bond motifs is 1. The van der Waals surface area contributed by atoms with E-state index in [1.54, 1.807) is 4.90 Å². The quantitative estimate of drug-likeness (QED) is 0.852. The number of carbonyl (C=O) groups excluding carboxylic acids is 1. The van der Waals surface area contributed by atoms with E-state index < -0.39 is 12.0 Å². The largest absolute Gasteiger partial charge is 0.480 e. The fraction of sp³-hybridized carbons (Fsp3) is 0.467. The van der Waals surface area contributed by atoms with Crippen LogP contribution in [0.5, 0.6) is 0 Å². The highest BCUT2D eigenvalue weighted by atomic mass is 16.4. The van der Waals surface area contributed by atoms with Gasteiger partial charge in [-0.3, -0.25) is 0 Å². The second-order valence-corrected chi connectivity index (χ2v) is 5.45. The number of nitrogens with zero attached hydrogens (tertiary/aromatic N) is 2. The fourth-order valence-electron chi connectivity index (χ4n) is 3.07. The molecule has 2 heterocycles. The Balaban J connectivity index is 1.75. The molecule has 5 nitrogen and oxygen atoms in total. The molecule has 1 aromatic carbocycles. The molecule has 0 radical (unpaired) electrons. The Morgan fingerprint density at radius 2 is 1.75 bits per heavy atom. The van der Waals surface area contributed by atoms with Crippen LogP contribution in [0.4, 0.5) is 4.79 Å². The lowest BCUT2D eigenvalue weighted by atomic mass is 10.0. The zero-order valence-corrected chi connectivity index (χ0v) is 11.3. The molecule has 3 rings (SSSR count). The average Bonchev–Trinajstić information content (AvgIpc) is 2.90. The van der Waals surface area contributed by atoms with Crippen molar-refractivity contribution in [1.82, 2.24) is 9.80 Å². The number of carboxylic acid groups (broad SMARTS) is 1. The molecule has 5 heteroatoms. The lowest BCUT2D eigenvalue weighted by Crippen LogP contribution is -2.52. The van der Waals surface area contributed by atoms with E-state index in [0.717, 1.165) is 24.0 Å². The summed E-state index contributed by atoms with van der Waals surface area (Å²) in [5.74, 6) is -0.894. The van der Waals surface area contributed by atoms with Gasteiger partial charge in [0.2, 0.25) is 0 Å². The van der Waals surface area contributed by atoms with Crippen LogP contribution >= 0.6 is 0 Å². The summed E-state index contributed by atoms with van der Waals surface area (Å²) in [7, 11) is 0. The maximum atomic E-state index is 12.6. The second-order valence-electron chi connectivity index (χ2n) is 5.45. The van der Waals surface area contributed by atoms with Gasteiger partial charge in [0.25, 0.3) is 0 Å². The normalized spacial score (nSPS) is 21.7. The molecule has 1 saturated heterocycles. The van der Waals surface area contributed by atoms with E-state index in [1.807, 2.05) is 24.3 Å². The Kier molecular flexibility index (Phi) is 3.34. The molecule has 0 aliphatic carbocycles. The van der Waals surface area contributed by atoms with Crippen molar-refractivity contribution in [2.45, 2.75) is 38.4 Å².